The van der Waals surface area contributed by atoms with Crippen molar-refractivity contribution in [3.05, 3.63) is 21.4 Å². The van der Waals surface area contributed by atoms with Gasteiger partial charge in [-0.3, -0.25) is 9.59 Å². The lowest BCUT2D eigenvalue weighted by Gasteiger charge is -2.16. The zero-order valence-electron chi connectivity index (χ0n) is 11.7. The van der Waals surface area contributed by atoms with Crippen LogP contribution in [0.2, 0.25) is 0 Å². The highest BCUT2D eigenvalue weighted by Gasteiger charge is 2.63. The van der Waals surface area contributed by atoms with Gasteiger partial charge in [-0.15, -0.1) is 11.3 Å². The Hall–Kier alpha value is -1.00. The average Bonchev–Trinajstić information content (AvgIpc) is 3.16. The van der Waals surface area contributed by atoms with Crippen LogP contribution in [0.1, 0.15) is 41.7 Å². The molecule has 2 aliphatic heterocycles. The summed E-state index contributed by atoms with van der Waals surface area (Å²) in [7, 11) is 0. The topological polar surface area (TPSA) is 43.4 Å². The maximum Gasteiger partial charge on any atom is 0.154 e. The molecule has 1 saturated carbocycles. The summed E-state index contributed by atoms with van der Waals surface area (Å²) in [6.45, 7) is 4.11. The van der Waals surface area contributed by atoms with Crippen molar-refractivity contribution in [2.75, 3.05) is 0 Å². The lowest BCUT2D eigenvalue weighted by atomic mass is 9.81. The molecule has 3 heterocycles. The Balaban J connectivity index is 1.79. The van der Waals surface area contributed by atoms with Gasteiger partial charge in [0.25, 0.3) is 0 Å². The molecular weight excluding hydrogens is 272 g/mol. The van der Waals surface area contributed by atoms with E-state index in [1.54, 1.807) is 11.3 Å². The molecular formula is C16H18O3S. The van der Waals surface area contributed by atoms with Crippen molar-refractivity contribution >= 4 is 22.9 Å². The van der Waals surface area contributed by atoms with Gasteiger partial charge in [-0.25, -0.2) is 0 Å². The normalized spacial score (nSPS) is 38.8. The van der Waals surface area contributed by atoms with Gasteiger partial charge >= 0.3 is 0 Å². The second-order valence-electron chi connectivity index (χ2n) is 6.16. The number of ether oxygens (including phenoxy) is 1. The minimum Gasteiger partial charge on any atom is -0.373 e. The van der Waals surface area contributed by atoms with E-state index >= 15 is 0 Å². The highest BCUT2D eigenvalue weighted by atomic mass is 32.1. The molecule has 0 N–H and O–H groups in total. The summed E-state index contributed by atoms with van der Waals surface area (Å²) in [5.74, 6) is -0.560. The first-order valence-electron chi connectivity index (χ1n) is 7.43. The third-order valence-electron chi connectivity index (χ3n) is 5.27. The number of thiophene rings is 1. The predicted octanol–water partition coefficient (Wildman–Crippen LogP) is 2.65. The molecule has 106 valence electrons. The number of carbonyl (C=O) groups is 2. The Bertz CT molecular complexity index is 575. The van der Waals surface area contributed by atoms with Gasteiger partial charge in [0, 0.05) is 4.88 Å². The van der Waals surface area contributed by atoms with E-state index in [2.05, 4.69) is 12.3 Å². The molecule has 3 nitrogen and oxygen atoms in total. The third kappa shape index (κ3) is 1.44. The van der Waals surface area contributed by atoms with Crippen LogP contribution < -0.4 is 0 Å². The van der Waals surface area contributed by atoms with E-state index in [1.807, 2.05) is 6.92 Å². The second-order valence-corrected chi connectivity index (χ2v) is 7.25. The van der Waals surface area contributed by atoms with Gasteiger partial charge in [-0.1, -0.05) is 6.92 Å². The van der Waals surface area contributed by atoms with Gasteiger partial charge in [0.15, 0.2) is 11.6 Å². The molecule has 3 unspecified atom stereocenters. The number of aryl methyl sites for hydroxylation is 2. The monoisotopic (exact) mass is 290 g/mol. The smallest absolute Gasteiger partial charge is 0.154 e. The molecule has 0 spiro atoms. The molecule has 1 aromatic heterocycles. The molecule has 4 rings (SSSR count). The maximum absolute atomic E-state index is 12.8. The van der Waals surface area contributed by atoms with Gasteiger partial charge < -0.3 is 4.74 Å². The van der Waals surface area contributed by atoms with Crippen LogP contribution in [-0.2, 0) is 20.7 Å². The summed E-state index contributed by atoms with van der Waals surface area (Å²) >= 11 is 1.66. The minimum absolute atomic E-state index is 0.00969. The van der Waals surface area contributed by atoms with Crippen LogP contribution in [0.3, 0.4) is 0 Å². The highest BCUT2D eigenvalue weighted by Crippen LogP contribution is 2.53. The molecule has 1 aliphatic carbocycles. The van der Waals surface area contributed by atoms with E-state index in [0.717, 1.165) is 29.7 Å². The standard InChI is InChI=1S/C16H18O3S/c1-3-8-6-20-7(2)11(8)14-15(17)12-9-4-5-10(19-9)13(12)16(14)18/h6,9-10,12-14H,3-5H2,1-2H3/t9?,10?,12-,13+,14?. The van der Waals surface area contributed by atoms with Crippen LogP contribution in [0.25, 0.3) is 0 Å². The molecule has 3 aliphatic rings. The summed E-state index contributed by atoms with van der Waals surface area (Å²) < 4.78 is 5.79. The molecule has 3 fully saturated rings. The fraction of sp³-hybridized carbons (Fsp3) is 0.625. The van der Waals surface area contributed by atoms with Gasteiger partial charge in [0.2, 0.25) is 0 Å². The third-order valence-corrected chi connectivity index (χ3v) is 6.25. The Morgan fingerprint density at radius 1 is 1.20 bits per heavy atom. The van der Waals surface area contributed by atoms with Gasteiger partial charge in [0.05, 0.1) is 24.0 Å². The highest BCUT2D eigenvalue weighted by molar-refractivity contribution is 7.10. The van der Waals surface area contributed by atoms with Crippen LogP contribution in [-0.4, -0.2) is 23.8 Å². The first-order chi connectivity index (χ1) is 9.63. The van der Waals surface area contributed by atoms with Crippen molar-refractivity contribution in [1.29, 1.82) is 0 Å². The molecule has 2 saturated heterocycles. The minimum atomic E-state index is -0.502. The van der Waals surface area contributed by atoms with Crippen molar-refractivity contribution < 1.29 is 14.3 Å². The van der Waals surface area contributed by atoms with Crippen molar-refractivity contribution in [3.8, 4) is 0 Å². The van der Waals surface area contributed by atoms with Gasteiger partial charge in [-0.05, 0) is 42.7 Å². The fourth-order valence-electron chi connectivity index (χ4n) is 4.39. The number of ketones is 2. The maximum atomic E-state index is 12.8. The zero-order chi connectivity index (χ0) is 14.0. The molecule has 5 atom stereocenters. The first-order valence-corrected chi connectivity index (χ1v) is 8.31. The summed E-state index contributed by atoms with van der Waals surface area (Å²) in [5.41, 5.74) is 2.19. The molecule has 2 bridgehead atoms. The van der Waals surface area contributed by atoms with E-state index in [1.165, 1.54) is 5.56 Å². The van der Waals surface area contributed by atoms with E-state index in [-0.39, 0.29) is 35.6 Å². The number of carbonyl (C=O) groups excluding carboxylic acids is 2. The number of hydrogen-bond acceptors (Lipinski definition) is 4. The molecule has 0 amide bonds. The van der Waals surface area contributed by atoms with E-state index < -0.39 is 5.92 Å². The lowest BCUT2D eigenvalue weighted by molar-refractivity contribution is -0.127. The Labute approximate surface area is 122 Å². The van der Waals surface area contributed by atoms with E-state index in [0.29, 0.717) is 0 Å². The number of Topliss-reactive ketones (excluding diaryl/α,β-unsaturated/α-hetero) is 2. The van der Waals surface area contributed by atoms with Gasteiger partial charge in [-0.2, -0.15) is 0 Å². The van der Waals surface area contributed by atoms with E-state index in [9.17, 15) is 9.59 Å². The Morgan fingerprint density at radius 3 is 2.35 bits per heavy atom. The van der Waals surface area contributed by atoms with Crippen LogP contribution in [0, 0.1) is 18.8 Å². The molecule has 0 aromatic carbocycles. The Morgan fingerprint density at radius 2 is 1.80 bits per heavy atom. The van der Waals surface area contributed by atoms with Crippen LogP contribution in [0.4, 0.5) is 0 Å². The average molecular weight is 290 g/mol. The largest absolute Gasteiger partial charge is 0.373 e. The van der Waals surface area contributed by atoms with Crippen LogP contribution >= 0.6 is 11.3 Å². The first kappa shape index (κ1) is 12.7. The zero-order valence-corrected chi connectivity index (χ0v) is 12.5. The summed E-state index contributed by atoms with van der Waals surface area (Å²) in [4.78, 5) is 26.7. The van der Waals surface area contributed by atoms with Crippen molar-refractivity contribution in [2.45, 2.75) is 51.2 Å². The number of rotatable bonds is 2. The fourth-order valence-corrected chi connectivity index (χ4v) is 5.37. The quantitative estimate of drug-likeness (QED) is 0.786. The lowest BCUT2D eigenvalue weighted by Crippen LogP contribution is -2.29. The van der Waals surface area contributed by atoms with Crippen molar-refractivity contribution in [2.24, 2.45) is 11.8 Å². The second kappa shape index (κ2) is 4.25. The Kier molecular flexibility index (Phi) is 2.70. The predicted molar refractivity (Wildman–Crippen MR) is 76.1 cm³/mol. The molecule has 1 aromatic rings. The van der Waals surface area contributed by atoms with Gasteiger partial charge in [0.1, 0.15) is 5.92 Å². The molecule has 0 radical (unpaired) electrons. The number of fused-ring (bicyclic) bond motifs is 5. The molecule has 20 heavy (non-hydrogen) atoms. The summed E-state index contributed by atoms with van der Waals surface area (Å²) in [6, 6.07) is 0. The summed E-state index contributed by atoms with van der Waals surface area (Å²) in [6.07, 6.45) is 2.79. The molecule has 4 heteroatoms. The SMILES string of the molecule is CCc1csc(C)c1C1C(=O)[C@@H]2C3CCC(O3)[C@@H]2C1=O. The van der Waals surface area contributed by atoms with Crippen molar-refractivity contribution in [1.82, 2.24) is 0 Å². The van der Waals surface area contributed by atoms with Crippen LogP contribution in [0.5, 0.6) is 0 Å². The van der Waals surface area contributed by atoms with E-state index in [4.69, 9.17) is 4.74 Å². The van der Waals surface area contributed by atoms with Crippen LogP contribution in [0.15, 0.2) is 5.38 Å². The number of hydrogen-bond donors (Lipinski definition) is 0. The van der Waals surface area contributed by atoms with Crippen molar-refractivity contribution in [3.63, 3.8) is 0 Å². The summed E-state index contributed by atoms with van der Waals surface area (Å²) in [5, 5.41) is 2.10.